The fourth-order valence-corrected chi connectivity index (χ4v) is 2.91. The van der Waals surface area contributed by atoms with Crippen LogP contribution in [0.4, 0.5) is 0 Å². The van der Waals surface area contributed by atoms with Crippen LogP contribution in [0.2, 0.25) is 0 Å². The highest BCUT2D eigenvalue weighted by atomic mass is 32.2. The van der Waals surface area contributed by atoms with Crippen LogP contribution < -0.4 is 4.72 Å². The van der Waals surface area contributed by atoms with Crippen molar-refractivity contribution in [1.29, 1.82) is 0 Å². The second-order valence-electron chi connectivity index (χ2n) is 5.29. The molecule has 0 spiro atoms. The summed E-state index contributed by atoms with van der Waals surface area (Å²) in [4.78, 5) is 24.1. The van der Waals surface area contributed by atoms with Crippen molar-refractivity contribution in [2.45, 2.75) is 18.2 Å². The molecule has 0 aliphatic rings. The van der Waals surface area contributed by atoms with Gasteiger partial charge >= 0.3 is 5.97 Å². The Bertz CT molecular complexity index is 873. The van der Waals surface area contributed by atoms with E-state index in [9.17, 15) is 18.0 Å². The van der Waals surface area contributed by atoms with Gasteiger partial charge in [-0.25, -0.2) is 17.9 Å². The minimum Gasteiger partial charge on any atom is -0.454 e. The van der Waals surface area contributed by atoms with Crippen LogP contribution in [0.25, 0.3) is 0 Å². The van der Waals surface area contributed by atoms with Crippen LogP contribution in [0.1, 0.15) is 33.2 Å². The van der Waals surface area contributed by atoms with Gasteiger partial charge in [0.25, 0.3) is 0 Å². The predicted molar refractivity (Wildman–Crippen MR) is 93.1 cm³/mol. The lowest BCUT2D eigenvalue weighted by molar-refractivity contribution is 0.0474. The van der Waals surface area contributed by atoms with Crippen molar-refractivity contribution in [3.8, 4) is 0 Å². The zero-order chi connectivity index (χ0) is 18.4. The molecule has 0 amide bonds. The molecule has 0 heterocycles. The Hall–Kier alpha value is -2.51. The molecule has 0 saturated heterocycles. The zero-order valence-corrected chi connectivity index (χ0v) is 14.8. The zero-order valence-electron chi connectivity index (χ0n) is 14.0. The second-order valence-corrected chi connectivity index (χ2v) is 7.17. The summed E-state index contributed by atoms with van der Waals surface area (Å²) in [5, 5.41) is 0. The number of nitrogens with one attached hydrogen (secondary N) is 1. The molecule has 0 radical (unpaired) electrons. The number of rotatable bonds is 7. The summed E-state index contributed by atoms with van der Waals surface area (Å²) in [5.74, 6) is -1.08. The van der Waals surface area contributed by atoms with Crippen LogP contribution in [0, 0.1) is 0 Å². The number of hydrogen-bond donors (Lipinski definition) is 1. The Morgan fingerprint density at radius 3 is 2.32 bits per heavy atom. The fourth-order valence-electron chi connectivity index (χ4n) is 2.13. The first kappa shape index (κ1) is 18.8. The number of sulfonamides is 1. The smallest absolute Gasteiger partial charge is 0.338 e. The number of ketones is 1. The topological polar surface area (TPSA) is 89.5 Å². The molecule has 2 aromatic carbocycles. The van der Waals surface area contributed by atoms with Gasteiger partial charge in [0.05, 0.1) is 10.5 Å². The molecular formula is C18H19NO5S. The van der Waals surface area contributed by atoms with Gasteiger partial charge in [-0.2, -0.15) is 0 Å². The number of carbonyl (C=O) groups excluding carboxylic acids is 2. The van der Waals surface area contributed by atoms with Crippen LogP contribution in [0.5, 0.6) is 0 Å². The predicted octanol–water partition coefficient (Wildman–Crippen LogP) is 2.20. The average Bonchev–Trinajstić information content (AvgIpc) is 2.66. The Morgan fingerprint density at radius 2 is 1.72 bits per heavy atom. The SMILES string of the molecule is CCc1ccc(C(=O)COC(=O)c2cccc(S(=O)(=O)NC)c2)cc1. The van der Waals surface area contributed by atoms with Gasteiger partial charge in [-0.1, -0.05) is 37.3 Å². The highest BCUT2D eigenvalue weighted by Crippen LogP contribution is 2.12. The number of hydrogen-bond acceptors (Lipinski definition) is 5. The number of Topliss-reactive ketones (excluding diaryl/α,β-unsaturated/α-hetero) is 1. The van der Waals surface area contributed by atoms with E-state index in [1.165, 1.54) is 31.3 Å². The molecule has 0 fully saturated rings. The van der Waals surface area contributed by atoms with E-state index in [1.807, 2.05) is 19.1 Å². The molecule has 0 unspecified atom stereocenters. The third-order valence-electron chi connectivity index (χ3n) is 3.67. The van der Waals surface area contributed by atoms with Crippen molar-refractivity contribution >= 4 is 21.8 Å². The maximum absolute atomic E-state index is 12.1. The second kappa shape index (κ2) is 8.04. The monoisotopic (exact) mass is 361 g/mol. The van der Waals surface area contributed by atoms with Gasteiger partial charge in [0.15, 0.2) is 12.4 Å². The first-order valence-corrected chi connectivity index (χ1v) is 9.18. The van der Waals surface area contributed by atoms with Crippen molar-refractivity contribution in [3.63, 3.8) is 0 Å². The lowest BCUT2D eigenvalue weighted by Gasteiger charge is -2.07. The van der Waals surface area contributed by atoms with E-state index in [1.54, 1.807) is 12.1 Å². The molecule has 6 nitrogen and oxygen atoms in total. The van der Waals surface area contributed by atoms with Gasteiger partial charge in [-0.3, -0.25) is 4.79 Å². The highest BCUT2D eigenvalue weighted by Gasteiger charge is 2.16. The van der Waals surface area contributed by atoms with E-state index in [2.05, 4.69) is 4.72 Å². The Labute approximate surface area is 146 Å². The van der Waals surface area contributed by atoms with E-state index < -0.39 is 22.6 Å². The minimum atomic E-state index is -3.66. The van der Waals surface area contributed by atoms with E-state index in [-0.39, 0.29) is 16.2 Å². The summed E-state index contributed by atoms with van der Waals surface area (Å²) in [5.41, 5.74) is 1.62. The molecule has 2 rings (SSSR count). The standard InChI is InChI=1S/C18H19NO5S/c1-3-13-7-9-14(10-8-13)17(20)12-24-18(21)15-5-4-6-16(11-15)25(22,23)19-2/h4-11,19H,3,12H2,1-2H3. The summed E-state index contributed by atoms with van der Waals surface area (Å²) >= 11 is 0. The number of aryl methyl sites for hydroxylation is 1. The van der Waals surface area contributed by atoms with Crippen molar-refractivity contribution in [1.82, 2.24) is 4.72 Å². The van der Waals surface area contributed by atoms with Crippen LogP contribution in [0.15, 0.2) is 53.4 Å². The lowest BCUT2D eigenvalue weighted by Crippen LogP contribution is -2.19. The van der Waals surface area contributed by atoms with Crippen LogP contribution >= 0.6 is 0 Å². The van der Waals surface area contributed by atoms with E-state index in [4.69, 9.17) is 4.74 Å². The molecule has 0 aliphatic carbocycles. The van der Waals surface area contributed by atoms with Crippen molar-refractivity contribution in [2.75, 3.05) is 13.7 Å². The largest absolute Gasteiger partial charge is 0.454 e. The van der Waals surface area contributed by atoms with Crippen molar-refractivity contribution in [3.05, 3.63) is 65.2 Å². The minimum absolute atomic E-state index is 0.0501. The van der Waals surface area contributed by atoms with E-state index >= 15 is 0 Å². The highest BCUT2D eigenvalue weighted by molar-refractivity contribution is 7.89. The number of esters is 1. The first-order valence-electron chi connectivity index (χ1n) is 7.70. The molecule has 7 heteroatoms. The van der Waals surface area contributed by atoms with Gasteiger partial charge in [-0.05, 0) is 37.2 Å². The van der Waals surface area contributed by atoms with Crippen LogP contribution in [-0.4, -0.2) is 33.8 Å². The number of carbonyl (C=O) groups is 2. The molecular weight excluding hydrogens is 342 g/mol. The molecule has 25 heavy (non-hydrogen) atoms. The fraction of sp³-hybridized carbons (Fsp3) is 0.222. The first-order chi connectivity index (χ1) is 11.9. The maximum atomic E-state index is 12.1. The van der Waals surface area contributed by atoms with Crippen LogP contribution in [-0.2, 0) is 21.2 Å². The normalized spacial score (nSPS) is 11.1. The third-order valence-corrected chi connectivity index (χ3v) is 5.08. The van der Waals surface area contributed by atoms with Gasteiger partial charge in [0.1, 0.15) is 0 Å². The molecule has 0 atom stereocenters. The quantitative estimate of drug-likeness (QED) is 0.603. The number of benzene rings is 2. The van der Waals surface area contributed by atoms with Gasteiger partial charge in [0.2, 0.25) is 10.0 Å². The van der Waals surface area contributed by atoms with Crippen molar-refractivity contribution < 1.29 is 22.7 Å². The summed E-state index contributed by atoms with van der Waals surface area (Å²) in [6, 6.07) is 12.5. The average molecular weight is 361 g/mol. The van der Waals surface area contributed by atoms with E-state index in [0.717, 1.165) is 12.0 Å². The van der Waals surface area contributed by atoms with Crippen LogP contribution in [0.3, 0.4) is 0 Å². The summed E-state index contributed by atoms with van der Waals surface area (Å²) in [7, 11) is -2.38. The number of ether oxygens (including phenoxy) is 1. The summed E-state index contributed by atoms with van der Waals surface area (Å²) in [6.45, 7) is 1.61. The Balaban J connectivity index is 2.04. The molecule has 0 saturated carbocycles. The van der Waals surface area contributed by atoms with Crippen molar-refractivity contribution in [2.24, 2.45) is 0 Å². The lowest BCUT2D eigenvalue weighted by atomic mass is 10.1. The molecule has 132 valence electrons. The molecule has 0 bridgehead atoms. The molecule has 0 aliphatic heterocycles. The Morgan fingerprint density at radius 1 is 1.04 bits per heavy atom. The van der Waals surface area contributed by atoms with Gasteiger partial charge < -0.3 is 4.74 Å². The summed E-state index contributed by atoms with van der Waals surface area (Å²) in [6.07, 6.45) is 0.870. The Kier molecular flexibility index (Phi) is 6.06. The van der Waals surface area contributed by atoms with Gasteiger partial charge in [0, 0.05) is 5.56 Å². The van der Waals surface area contributed by atoms with E-state index in [0.29, 0.717) is 5.56 Å². The molecule has 0 aromatic heterocycles. The summed E-state index contributed by atoms with van der Waals surface area (Å²) < 4.78 is 30.7. The molecule has 1 N–H and O–H groups in total. The van der Waals surface area contributed by atoms with Gasteiger partial charge in [-0.15, -0.1) is 0 Å². The maximum Gasteiger partial charge on any atom is 0.338 e. The third kappa shape index (κ3) is 4.74. The molecule has 2 aromatic rings.